The van der Waals surface area contributed by atoms with Gasteiger partial charge in [0.15, 0.2) is 0 Å². The van der Waals surface area contributed by atoms with Gasteiger partial charge in [0.1, 0.15) is 11.6 Å². The molecule has 1 aliphatic carbocycles. The zero-order valence-electron chi connectivity index (χ0n) is 13.6. The fraction of sp³-hybridized carbons (Fsp3) is 0.588. The van der Waals surface area contributed by atoms with Gasteiger partial charge in [0, 0.05) is 29.5 Å². The number of carbonyl (C=O) groups is 1. The van der Waals surface area contributed by atoms with Crippen molar-refractivity contribution in [1.29, 1.82) is 0 Å². The van der Waals surface area contributed by atoms with E-state index in [9.17, 15) is 13.6 Å². The summed E-state index contributed by atoms with van der Waals surface area (Å²) in [7, 11) is 0. The van der Waals surface area contributed by atoms with E-state index in [4.69, 9.17) is 5.73 Å². The first-order chi connectivity index (χ1) is 10.4. The van der Waals surface area contributed by atoms with Crippen molar-refractivity contribution in [3.8, 4) is 0 Å². The minimum absolute atomic E-state index is 0. The Hall–Kier alpha value is -1.20. The Balaban J connectivity index is 0.00000264. The number of hydrogen-bond acceptors (Lipinski definition) is 2. The lowest BCUT2D eigenvalue weighted by Gasteiger charge is -2.31. The quantitative estimate of drug-likeness (QED) is 0.859. The van der Waals surface area contributed by atoms with Crippen LogP contribution < -0.4 is 11.1 Å². The molecule has 3 nitrogen and oxygen atoms in total. The molecular weight excluding hydrogens is 322 g/mol. The molecule has 1 fully saturated rings. The van der Waals surface area contributed by atoms with Crippen molar-refractivity contribution < 1.29 is 13.6 Å². The molecule has 1 aliphatic rings. The second-order valence-corrected chi connectivity index (χ2v) is 6.45. The second-order valence-electron chi connectivity index (χ2n) is 6.45. The lowest BCUT2D eigenvalue weighted by molar-refractivity contribution is -0.125. The Morgan fingerprint density at radius 1 is 1.26 bits per heavy atom. The summed E-state index contributed by atoms with van der Waals surface area (Å²) in [6.45, 7) is 3.78. The van der Waals surface area contributed by atoms with E-state index in [-0.39, 0.29) is 42.4 Å². The molecule has 0 heterocycles. The van der Waals surface area contributed by atoms with Crippen molar-refractivity contribution in [2.24, 2.45) is 11.7 Å². The van der Waals surface area contributed by atoms with Gasteiger partial charge in [0.2, 0.25) is 5.91 Å². The number of carbonyl (C=O) groups excluding carboxylic acids is 1. The van der Waals surface area contributed by atoms with Crippen LogP contribution in [0.1, 0.15) is 45.1 Å². The van der Waals surface area contributed by atoms with Gasteiger partial charge < -0.3 is 11.1 Å². The minimum Gasteiger partial charge on any atom is -0.355 e. The summed E-state index contributed by atoms with van der Waals surface area (Å²) >= 11 is 0. The molecule has 1 aromatic rings. The molecule has 6 heteroatoms. The summed E-state index contributed by atoms with van der Waals surface area (Å²) in [6.07, 6.45) is 3.17. The Bertz CT molecular complexity index is 525. The van der Waals surface area contributed by atoms with Crippen LogP contribution in [0.25, 0.3) is 0 Å². The Morgan fingerprint density at radius 2 is 1.78 bits per heavy atom. The molecule has 1 amide bonds. The smallest absolute Gasteiger partial charge is 0.224 e. The molecule has 0 spiro atoms. The highest BCUT2D eigenvalue weighted by atomic mass is 35.5. The van der Waals surface area contributed by atoms with Crippen LogP contribution in [0.2, 0.25) is 0 Å². The number of halogens is 3. The van der Waals surface area contributed by atoms with Gasteiger partial charge in [0.25, 0.3) is 0 Å². The molecule has 2 unspecified atom stereocenters. The standard InChI is InChI=1S/C17H24F2N2O.ClH/c1-11(12(2)20)16(22)21-10-17(8-3-4-9-17)15-13(18)6-5-7-14(15)19;/h5-7,11-12H,3-4,8-10,20H2,1-2H3,(H,21,22);1H. The average Bonchev–Trinajstić information content (AvgIpc) is 2.93. The number of amides is 1. The molecule has 3 N–H and O–H groups in total. The molecule has 2 atom stereocenters. The Morgan fingerprint density at radius 3 is 2.26 bits per heavy atom. The van der Waals surface area contributed by atoms with Crippen molar-refractivity contribution in [2.75, 3.05) is 6.54 Å². The SMILES string of the molecule is CC(N)C(C)C(=O)NCC1(c2c(F)cccc2F)CCCC1.Cl. The van der Waals surface area contributed by atoms with E-state index < -0.39 is 17.0 Å². The molecule has 1 saturated carbocycles. The highest BCUT2D eigenvalue weighted by Gasteiger charge is 2.40. The van der Waals surface area contributed by atoms with Crippen LogP contribution in [-0.2, 0) is 10.2 Å². The highest BCUT2D eigenvalue weighted by Crippen LogP contribution is 2.42. The first kappa shape index (κ1) is 19.8. The van der Waals surface area contributed by atoms with Crippen molar-refractivity contribution in [3.05, 3.63) is 35.4 Å². The van der Waals surface area contributed by atoms with Crippen molar-refractivity contribution >= 4 is 18.3 Å². The number of nitrogens with one attached hydrogen (secondary N) is 1. The van der Waals surface area contributed by atoms with Gasteiger partial charge in [-0.25, -0.2) is 8.78 Å². The summed E-state index contributed by atoms with van der Waals surface area (Å²) in [5, 5.41) is 2.85. The third-order valence-corrected chi connectivity index (χ3v) is 4.86. The summed E-state index contributed by atoms with van der Waals surface area (Å²) in [5.74, 6) is -1.56. The average molecular weight is 347 g/mol. The van der Waals surface area contributed by atoms with Gasteiger partial charge in [-0.15, -0.1) is 12.4 Å². The summed E-state index contributed by atoms with van der Waals surface area (Å²) in [5.41, 5.74) is 5.19. The maximum atomic E-state index is 14.2. The lowest BCUT2D eigenvalue weighted by atomic mass is 9.78. The molecule has 0 aliphatic heterocycles. The zero-order valence-corrected chi connectivity index (χ0v) is 14.4. The van der Waals surface area contributed by atoms with E-state index in [1.54, 1.807) is 13.8 Å². The van der Waals surface area contributed by atoms with Crippen LogP contribution in [0.5, 0.6) is 0 Å². The molecule has 130 valence electrons. The molecule has 2 rings (SSSR count). The number of benzene rings is 1. The number of hydrogen-bond donors (Lipinski definition) is 2. The summed E-state index contributed by atoms with van der Waals surface area (Å²) < 4.78 is 28.4. The fourth-order valence-corrected chi connectivity index (χ4v) is 3.23. The molecule has 0 bridgehead atoms. The highest BCUT2D eigenvalue weighted by molar-refractivity contribution is 5.85. The van der Waals surface area contributed by atoms with Crippen LogP contribution in [0.15, 0.2) is 18.2 Å². The zero-order chi connectivity index (χ0) is 16.3. The first-order valence-corrected chi connectivity index (χ1v) is 7.85. The summed E-state index contributed by atoms with van der Waals surface area (Å²) in [6, 6.07) is 3.67. The second kappa shape index (κ2) is 8.06. The third-order valence-electron chi connectivity index (χ3n) is 4.86. The van der Waals surface area contributed by atoms with Crippen LogP contribution in [0.4, 0.5) is 8.78 Å². The predicted molar refractivity (Wildman–Crippen MR) is 89.6 cm³/mol. The maximum absolute atomic E-state index is 14.2. The molecule has 0 radical (unpaired) electrons. The predicted octanol–water partition coefficient (Wildman–Crippen LogP) is 3.30. The Labute approximate surface area is 142 Å². The number of nitrogens with two attached hydrogens (primary N) is 1. The van der Waals surface area contributed by atoms with Crippen LogP contribution in [0.3, 0.4) is 0 Å². The topological polar surface area (TPSA) is 55.1 Å². The molecular formula is C17H25ClF2N2O. The molecule has 1 aromatic carbocycles. The van der Waals surface area contributed by atoms with E-state index >= 15 is 0 Å². The monoisotopic (exact) mass is 346 g/mol. The van der Waals surface area contributed by atoms with E-state index in [1.807, 2.05) is 0 Å². The van der Waals surface area contributed by atoms with Gasteiger partial charge >= 0.3 is 0 Å². The Kier molecular flexibility index (Phi) is 6.96. The maximum Gasteiger partial charge on any atom is 0.224 e. The molecule has 23 heavy (non-hydrogen) atoms. The first-order valence-electron chi connectivity index (χ1n) is 7.85. The van der Waals surface area contributed by atoms with Gasteiger partial charge in [-0.05, 0) is 31.9 Å². The molecule has 0 saturated heterocycles. The third kappa shape index (κ3) is 4.21. The van der Waals surface area contributed by atoms with Crippen LogP contribution >= 0.6 is 12.4 Å². The van der Waals surface area contributed by atoms with E-state index in [2.05, 4.69) is 5.32 Å². The minimum atomic E-state index is -0.650. The van der Waals surface area contributed by atoms with Gasteiger partial charge in [0.05, 0.1) is 0 Å². The van der Waals surface area contributed by atoms with Gasteiger partial charge in [-0.2, -0.15) is 0 Å². The van der Waals surface area contributed by atoms with Crippen molar-refractivity contribution in [1.82, 2.24) is 5.32 Å². The normalized spacial score (nSPS) is 18.8. The van der Waals surface area contributed by atoms with Crippen LogP contribution in [0, 0.1) is 17.6 Å². The van der Waals surface area contributed by atoms with Crippen molar-refractivity contribution in [2.45, 2.75) is 51.0 Å². The van der Waals surface area contributed by atoms with E-state index in [0.717, 1.165) is 12.8 Å². The van der Waals surface area contributed by atoms with Gasteiger partial charge in [-0.1, -0.05) is 25.8 Å². The summed E-state index contributed by atoms with van der Waals surface area (Å²) in [4.78, 5) is 12.1. The number of rotatable bonds is 5. The van der Waals surface area contributed by atoms with Gasteiger partial charge in [-0.3, -0.25) is 4.79 Å². The largest absolute Gasteiger partial charge is 0.355 e. The van der Waals surface area contributed by atoms with Crippen molar-refractivity contribution in [3.63, 3.8) is 0 Å². The lowest BCUT2D eigenvalue weighted by Crippen LogP contribution is -2.45. The van der Waals surface area contributed by atoms with Crippen LogP contribution in [-0.4, -0.2) is 18.5 Å². The molecule has 0 aromatic heterocycles. The van der Waals surface area contributed by atoms with E-state index in [0.29, 0.717) is 12.8 Å². The fourth-order valence-electron chi connectivity index (χ4n) is 3.23. The van der Waals surface area contributed by atoms with E-state index in [1.165, 1.54) is 18.2 Å².